The largest absolute Gasteiger partial charge is 0.401 e. The Balaban J connectivity index is 1.80. The zero-order valence-corrected chi connectivity index (χ0v) is 11.8. The van der Waals surface area contributed by atoms with Crippen LogP contribution in [-0.4, -0.2) is 52.6 Å². The Bertz CT molecular complexity index is 486. The third-order valence-electron chi connectivity index (χ3n) is 3.18. The van der Waals surface area contributed by atoms with Gasteiger partial charge in [0.2, 0.25) is 0 Å². The molecule has 1 aromatic rings. The number of alkyl halides is 3. The number of nitrogens with one attached hydrogen (secondary N) is 1. The fourth-order valence-electron chi connectivity index (χ4n) is 2.18. The van der Waals surface area contributed by atoms with E-state index in [-0.39, 0.29) is 16.9 Å². The van der Waals surface area contributed by atoms with Crippen molar-refractivity contribution in [3.05, 3.63) is 23.2 Å². The number of halogens is 4. The lowest BCUT2D eigenvalue weighted by molar-refractivity contribution is -0.148. The van der Waals surface area contributed by atoms with E-state index in [2.05, 4.69) is 15.3 Å². The Labute approximate surface area is 124 Å². The number of nitrogens with zero attached hydrogens (tertiary/aromatic N) is 3. The van der Waals surface area contributed by atoms with Gasteiger partial charge in [0.05, 0.1) is 18.9 Å². The number of hydrogen-bond acceptors (Lipinski definition) is 4. The van der Waals surface area contributed by atoms with Crippen LogP contribution in [0.2, 0.25) is 5.15 Å². The molecule has 1 aliphatic heterocycles. The maximum atomic E-state index is 12.3. The van der Waals surface area contributed by atoms with Crippen LogP contribution in [0.3, 0.4) is 0 Å². The summed E-state index contributed by atoms with van der Waals surface area (Å²) in [6.45, 7) is -0.302. The van der Waals surface area contributed by atoms with Crippen LogP contribution in [0.15, 0.2) is 12.4 Å². The van der Waals surface area contributed by atoms with Gasteiger partial charge in [-0.3, -0.25) is 9.69 Å². The van der Waals surface area contributed by atoms with E-state index >= 15 is 0 Å². The second kappa shape index (κ2) is 6.57. The van der Waals surface area contributed by atoms with Gasteiger partial charge in [-0.1, -0.05) is 11.6 Å². The van der Waals surface area contributed by atoms with Crippen molar-refractivity contribution in [2.45, 2.75) is 25.1 Å². The van der Waals surface area contributed by atoms with Crippen LogP contribution in [0.1, 0.15) is 23.3 Å². The molecular formula is C12H14ClF3N4O. The molecule has 0 atom stereocenters. The lowest BCUT2D eigenvalue weighted by Crippen LogP contribution is -2.47. The van der Waals surface area contributed by atoms with E-state index < -0.39 is 18.6 Å². The van der Waals surface area contributed by atoms with Gasteiger partial charge in [-0.05, 0) is 12.8 Å². The highest BCUT2D eigenvalue weighted by atomic mass is 35.5. The molecule has 21 heavy (non-hydrogen) atoms. The van der Waals surface area contributed by atoms with E-state index in [1.54, 1.807) is 0 Å². The van der Waals surface area contributed by atoms with Crippen LogP contribution in [0, 0.1) is 0 Å². The van der Waals surface area contributed by atoms with Crippen LogP contribution in [-0.2, 0) is 0 Å². The van der Waals surface area contributed by atoms with Crippen molar-refractivity contribution in [3.8, 4) is 0 Å². The van der Waals surface area contributed by atoms with Gasteiger partial charge in [0, 0.05) is 19.1 Å². The van der Waals surface area contributed by atoms with Crippen LogP contribution < -0.4 is 5.32 Å². The molecule has 1 aromatic heterocycles. The average molecular weight is 323 g/mol. The lowest BCUT2D eigenvalue weighted by Gasteiger charge is -2.32. The zero-order valence-electron chi connectivity index (χ0n) is 11.0. The highest BCUT2D eigenvalue weighted by Crippen LogP contribution is 2.19. The molecule has 2 rings (SSSR count). The zero-order chi connectivity index (χ0) is 15.5. The molecule has 1 N–H and O–H groups in total. The Morgan fingerprint density at radius 2 is 2.00 bits per heavy atom. The maximum absolute atomic E-state index is 12.3. The van der Waals surface area contributed by atoms with E-state index in [9.17, 15) is 18.0 Å². The molecule has 0 aromatic carbocycles. The summed E-state index contributed by atoms with van der Waals surface area (Å²) in [6, 6.07) is -0.153. The summed E-state index contributed by atoms with van der Waals surface area (Å²) in [5, 5.41) is 2.93. The SMILES string of the molecule is O=C(NC1CCN(CC(F)(F)F)CC1)c1cnc(Cl)cn1. The standard InChI is InChI=1S/C12H14ClF3N4O/c13-10-6-17-9(5-18-10)11(21)19-8-1-3-20(4-2-8)7-12(14,15)16/h5-6,8H,1-4,7H2,(H,19,21). The predicted octanol–water partition coefficient (Wildman–Crippen LogP) is 1.89. The van der Waals surface area contributed by atoms with E-state index in [0.29, 0.717) is 25.9 Å². The summed E-state index contributed by atoms with van der Waals surface area (Å²) in [4.78, 5) is 20.8. The van der Waals surface area contributed by atoms with Crippen molar-refractivity contribution >= 4 is 17.5 Å². The number of amides is 1. The smallest absolute Gasteiger partial charge is 0.348 e. The highest BCUT2D eigenvalue weighted by molar-refractivity contribution is 6.29. The molecule has 0 aliphatic carbocycles. The van der Waals surface area contributed by atoms with E-state index in [1.165, 1.54) is 17.3 Å². The van der Waals surface area contributed by atoms with Crippen LogP contribution in [0.4, 0.5) is 13.2 Å². The molecule has 2 heterocycles. The number of likely N-dealkylation sites (tertiary alicyclic amines) is 1. The minimum absolute atomic E-state index is 0.136. The van der Waals surface area contributed by atoms with Crippen molar-refractivity contribution in [2.24, 2.45) is 0 Å². The molecule has 0 saturated carbocycles. The molecule has 1 saturated heterocycles. The first-order valence-corrected chi connectivity index (χ1v) is 6.79. The highest BCUT2D eigenvalue weighted by Gasteiger charge is 2.32. The van der Waals surface area contributed by atoms with Gasteiger partial charge in [-0.15, -0.1) is 0 Å². The Morgan fingerprint density at radius 1 is 1.33 bits per heavy atom. The quantitative estimate of drug-likeness (QED) is 0.923. The number of hydrogen-bond donors (Lipinski definition) is 1. The Morgan fingerprint density at radius 3 is 2.52 bits per heavy atom. The van der Waals surface area contributed by atoms with Crippen LogP contribution >= 0.6 is 11.6 Å². The molecule has 1 fully saturated rings. The molecule has 116 valence electrons. The monoisotopic (exact) mass is 322 g/mol. The minimum atomic E-state index is -4.19. The van der Waals surface area contributed by atoms with Gasteiger partial charge in [-0.2, -0.15) is 13.2 Å². The fourth-order valence-corrected chi connectivity index (χ4v) is 2.28. The number of carbonyl (C=O) groups excluding carboxylic acids is 1. The molecule has 0 unspecified atom stereocenters. The summed E-state index contributed by atoms with van der Waals surface area (Å²) >= 11 is 5.57. The van der Waals surface area contributed by atoms with Crippen molar-refractivity contribution < 1.29 is 18.0 Å². The van der Waals surface area contributed by atoms with Gasteiger partial charge in [-0.25, -0.2) is 9.97 Å². The first kappa shape index (κ1) is 16.0. The topological polar surface area (TPSA) is 58.1 Å². The lowest BCUT2D eigenvalue weighted by atomic mass is 10.0. The summed E-state index contributed by atoms with van der Waals surface area (Å²) in [6.07, 6.45) is -0.709. The van der Waals surface area contributed by atoms with Gasteiger partial charge >= 0.3 is 6.18 Å². The molecule has 9 heteroatoms. The Kier molecular flexibility index (Phi) is 5.00. The molecule has 0 radical (unpaired) electrons. The normalized spacial score (nSPS) is 17.7. The third kappa shape index (κ3) is 5.13. The number of rotatable bonds is 3. The average Bonchev–Trinajstić information content (AvgIpc) is 2.40. The molecule has 0 spiro atoms. The van der Waals surface area contributed by atoms with E-state index in [4.69, 9.17) is 11.6 Å². The maximum Gasteiger partial charge on any atom is 0.401 e. The Hall–Kier alpha value is -1.41. The molecule has 1 aliphatic rings. The van der Waals surface area contributed by atoms with Gasteiger partial charge in [0.25, 0.3) is 5.91 Å². The summed E-state index contributed by atoms with van der Waals surface area (Å²) in [5.74, 6) is -0.395. The predicted molar refractivity (Wildman–Crippen MR) is 70.0 cm³/mol. The van der Waals surface area contributed by atoms with Crippen molar-refractivity contribution in [1.29, 1.82) is 0 Å². The van der Waals surface area contributed by atoms with Gasteiger partial charge in [0.15, 0.2) is 0 Å². The summed E-state index contributed by atoms with van der Waals surface area (Å²) in [5.41, 5.74) is 0.136. The minimum Gasteiger partial charge on any atom is -0.348 e. The number of piperidine rings is 1. The first-order valence-electron chi connectivity index (χ1n) is 6.41. The number of carbonyl (C=O) groups is 1. The van der Waals surface area contributed by atoms with Crippen molar-refractivity contribution in [1.82, 2.24) is 20.2 Å². The number of aromatic nitrogens is 2. The first-order chi connectivity index (χ1) is 9.83. The van der Waals surface area contributed by atoms with Gasteiger partial charge < -0.3 is 5.32 Å². The summed E-state index contributed by atoms with van der Waals surface area (Å²) < 4.78 is 36.8. The van der Waals surface area contributed by atoms with Crippen molar-refractivity contribution in [2.75, 3.05) is 19.6 Å². The van der Waals surface area contributed by atoms with Gasteiger partial charge in [0.1, 0.15) is 10.8 Å². The fraction of sp³-hybridized carbons (Fsp3) is 0.583. The molecule has 1 amide bonds. The van der Waals surface area contributed by atoms with Crippen LogP contribution in [0.25, 0.3) is 0 Å². The molecular weight excluding hydrogens is 309 g/mol. The van der Waals surface area contributed by atoms with Crippen LogP contribution in [0.5, 0.6) is 0 Å². The van der Waals surface area contributed by atoms with E-state index in [1.807, 2.05) is 0 Å². The summed E-state index contributed by atoms with van der Waals surface area (Å²) in [7, 11) is 0. The third-order valence-corrected chi connectivity index (χ3v) is 3.37. The molecule has 0 bridgehead atoms. The second-order valence-corrected chi connectivity index (χ2v) is 5.25. The molecule has 5 nitrogen and oxygen atoms in total. The van der Waals surface area contributed by atoms with Crippen molar-refractivity contribution in [3.63, 3.8) is 0 Å². The van der Waals surface area contributed by atoms with E-state index in [0.717, 1.165) is 0 Å². The second-order valence-electron chi connectivity index (χ2n) is 4.86.